The van der Waals surface area contributed by atoms with Crippen molar-refractivity contribution in [3.05, 3.63) is 29.1 Å². The Bertz CT molecular complexity index is 719. The van der Waals surface area contributed by atoms with Crippen LogP contribution in [0.15, 0.2) is 6.20 Å². The van der Waals surface area contributed by atoms with Gasteiger partial charge in [0.25, 0.3) is 0 Å². The van der Waals surface area contributed by atoms with Crippen molar-refractivity contribution in [2.45, 2.75) is 51.6 Å². The van der Waals surface area contributed by atoms with E-state index in [1.165, 1.54) is 0 Å². The Hall–Kier alpha value is -2.19. The number of alkyl halides is 3. The summed E-state index contributed by atoms with van der Waals surface area (Å²) in [6.07, 6.45) is -0.522. The van der Waals surface area contributed by atoms with Crippen molar-refractivity contribution in [3.63, 3.8) is 0 Å². The molecule has 2 aromatic rings. The molecule has 136 valence electrons. The highest BCUT2D eigenvalue weighted by molar-refractivity contribution is 5.31. The highest BCUT2D eigenvalue weighted by Crippen LogP contribution is 2.32. The van der Waals surface area contributed by atoms with Gasteiger partial charge in [0.15, 0.2) is 0 Å². The summed E-state index contributed by atoms with van der Waals surface area (Å²) in [5.74, 6) is 0.991. The molecular weight excluding hydrogens is 333 g/mol. The molecule has 3 rings (SSSR count). The van der Waals surface area contributed by atoms with Crippen LogP contribution >= 0.6 is 0 Å². The van der Waals surface area contributed by atoms with E-state index in [4.69, 9.17) is 0 Å². The van der Waals surface area contributed by atoms with E-state index in [2.05, 4.69) is 25.1 Å². The van der Waals surface area contributed by atoms with E-state index in [9.17, 15) is 13.2 Å². The lowest BCUT2D eigenvalue weighted by Gasteiger charge is -2.31. The highest BCUT2D eigenvalue weighted by Gasteiger charge is 2.34. The lowest BCUT2D eigenvalue weighted by molar-refractivity contribution is -0.141. The molecule has 0 amide bonds. The summed E-state index contributed by atoms with van der Waals surface area (Å²) >= 11 is 0. The molecule has 25 heavy (non-hydrogen) atoms. The second-order valence-corrected chi connectivity index (χ2v) is 6.15. The van der Waals surface area contributed by atoms with E-state index >= 15 is 0 Å². The van der Waals surface area contributed by atoms with Gasteiger partial charge in [0, 0.05) is 19.0 Å². The first-order chi connectivity index (χ1) is 11.9. The Labute approximate surface area is 143 Å². The molecule has 0 atom stereocenters. The molecule has 0 unspecified atom stereocenters. The predicted molar refractivity (Wildman–Crippen MR) is 86.4 cm³/mol. The molecule has 0 saturated carbocycles. The van der Waals surface area contributed by atoms with Crippen LogP contribution in [0.25, 0.3) is 0 Å². The fourth-order valence-corrected chi connectivity index (χ4v) is 3.10. The van der Waals surface area contributed by atoms with Gasteiger partial charge in [-0.25, -0.2) is 9.97 Å². The number of aromatic nitrogens is 5. The van der Waals surface area contributed by atoms with Gasteiger partial charge in [-0.15, -0.1) is 5.10 Å². The van der Waals surface area contributed by atoms with Crippen molar-refractivity contribution < 1.29 is 13.2 Å². The van der Waals surface area contributed by atoms with Crippen molar-refractivity contribution in [2.75, 3.05) is 18.0 Å². The van der Waals surface area contributed by atoms with Crippen LogP contribution in [-0.2, 0) is 19.0 Å². The smallest absolute Gasteiger partial charge is 0.339 e. The third kappa shape index (κ3) is 3.74. The lowest BCUT2D eigenvalue weighted by atomic mass is 9.96. The Balaban J connectivity index is 1.67. The molecule has 1 saturated heterocycles. The molecule has 2 aromatic heterocycles. The van der Waals surface area contributed by atoms with Crippen LogP contribution in [0.5, 0.6) is 0 Å². The Morgan fingerprint density at radius 3 is 2.36 bits per heavy atom. The van der Waals surface area contributed by atoms with E-state index in [1.54, 1.807) is 0 Å². The first kappa shape index (κ1) is 17.6. The normalized spacial score (nSPS) is 16.4. The van der Waals surface area contributed by atoms with E-state index in [0.29, 0.717) is 37.7 Å². The predicted octanol–water partition coefficient (Wildman–Crippen LogP) is 3.12. The zero-order chi connectivity index (χ0) is 18.0. The number of anilines is 1. The fraction of sp³-hybridized carbons (Fsp3) is 0.625. The third-order valence-electron chi connectivity index (χ3n) is 4.56. The van der Waals surface area contributed by atoms with E-state index in [-0.39, 0.29) is 5.92 Å². The van der Waals surface area contributed by atoms with Gasteiger partial charge in [-0.1, -0.05) is 13.8 Å². The van der Waals surface area contributed by atoms with Crippen LogP contribution in [0.3, 0.4) is 0 Å². The van der Waals surface area contributed by atoms with Crippen molar-refractivity contribution in [3.8, 4) is 0 Å². The number of aryl methyl sites for hydroxylation is 2. The number of halogens is 3. The monoisotopic (exact) mass is 354 g/mol. The molecule has 1 fully saturated rings. The lowest BCUT2D eigenvalue weighted by Crippen LogP contribution is -2.35. The van der Waals surface area contributed by atoms with Gasteiger partial charge in [-0.2, -0.15) is 18.3 Å². The maximum absolute atomic E-state index is 12.7. The summed E-state index contributed by atoms with van der Waals surface area (Å²) in [4.78, 5) is 13.0. The van der Waals surface area contributed by atoms with Gasteiger partial charge in [-0.05, 0) is 25.7 Å². The van der Waals surface area contributed by atoms with Gasteiger partial charge in [-0.3, -0.25) is 0 Å². The van der Waals surface area contributed by atoms with Crippen molar-refractivity contribution in [1.82, 2.24) is 25.1 Å². The minimum atomic E-state index is -4.39. The van der Waals surface area contributed by atoms with Crippen LogP contribution in [0.1, 0.15) is 55.5 Å². The second-order valence-electron chi connectivity index (χ2n) is 6.15. The minimum Gasteiger partial charge on any atom is -0.339 e. The topological polar surface area (TPSA) is 70.6 Å². The summed E-state index contributed by atoms with van der Waals surface area (Å²) in [7, 11) is 0. The number of piperidine rings is 1. The molecule has 1 aliphatic heterocycles. The van der Waals surface area contributed by atoms with Crippen LogP contribution in [0.2, 0.25) is 0 Å². The summed E-state index contributed by atoms with van der Waals surface area (Å²) in [6.45, 7) is 5.40. The summed E-state index contributed by atoms with van der Waals surface area (Å²) in [5, 5.41) is 8.46. The third-order valence-corrected chi connectivity index (χ3v) is 4.56. The van der Waals surface area contributed by atoms with Crippen molar-refractivity contribution in [2.24, 2.45) is 0 Å². The first-order valence-corrected chi connectivity index (χ1v) is 8.51. The van der Waals surface area contributed by atoms with Crippen LogP contribution < -0.4 is 4.90 Å². The Morgan fingerprint density at radius 2 is 1.80 bits per heavy atom. The SMILES string of the molecule is CCc1nnc(N2CCC(c3ncc(C(F)(F)F)[nH]3)CC2)nc1CC. The highest BCUT2D eigenvalue weighted by atomic mass is 19.4. The molecule has 1 aliphatic rings. The Kier molecular flexibility index (Phi) is 4.91. The second kappa shape index (κ2) is 6.97. The molecule has 0 aromatic carbocycles. The Morgan fingerprint density at radius 1 is 1.12 bits per heavy atom. The number of nitrogens with zero attached hydrogens (tertiary/aromatic N) is 5. The largest absolute Gasteiger partial charge is 0.432 e. The summed E-state index contributed by atoms with van der Waals surface area (Å²) in [6, 6.07) is 0. The van der Waals surface area contributed by atoms with Crippen molar-refractivity contribution >= 4 is 5.95 Å². The van der Waals surface area contributed by atoms with E-state index in [1.807, 2.05) is 18.7 Å². The number of hydrogen-bond acceptors (Lipinski definition) is 5. The molecule has 0 spiro atoms. The van der Waals surface area contributed by atoms with Gasteiger partial charge >= 0.3 is 6.18 Å². The molecule has 1 N–H and O–H groups in total. The number of aromatic amines is 1. The van der Waals surface area contributed by atoms with Gasteiger partial charge < -0.3 is 9.88 Å². The maximum Gasteiger partial charge on any atom is 0.432 e. The molecular formula is C16H21F3N6. The first-order valence-electron chi connectivity index (χ1n) is 8.51. The molecule has 0 aliphatic carbocycles. The van der Waals surface area contributed by atoms with Crippen LogP contribution in [-0.4, -0.2) is 38.2 Å². The minimum absolute atomic E-state index is 0.0131. The number of nitrogens with one attached hydrogen (secondary N) is 1. The fourth-order valence-electron chi connectivity index (χ4n) is 3.10. The van der Waals surface area contributed by atoms with Crippen molar-refractivity contribution in [1.29, 1.82) is 0 Å². The average molecular weight is 354 g/mol. The van der Waals surface area contributed by atoms with Gasteiger partial charge in [0.2, 0.25) is 5.95 Å². The maximum atomic E-state index is 12.7. The molecule has 3 heterocycles. The van der Waals surface area contributed by atoms with Crippen LogP contribution in [0, 0.1) is 0 Å². The number of rotatable bonds is 4. The molecule has 0 bridgehead atoms. The number of H-pyrrole nitrogens is 1. The van der Waals surface area contributed by atoms with Gasteiger partial charge in [0.05, 0.1) is 17.6 Å². The van der Waals surface area contributed by atoms with Gasteiger partial charge in [0.1, 0.15) is 11.5 Å². The van der Waals surface area contributed by atoms with E-state index in [0.717, 1.165) is 30.4 Å². The average Bonchev–Trinajstić information content (AvgIpc) is 3.12. The van der Waals surface area contributed by atoms with Crippen LogP contribution in [0.4, 0.5) is 19.1 Å². The molecule has 6 nitrogen and oxygen atoms in total. The summed E-state index contributed by atoms with van der Waals surface area (Å²) < 4.78 is 38.0. The zero-order valence-electron chi connectivity index (χ0n) is 14.3. The molecule has 0 radical (unpaired) electrons. The van der Waals surface area contributed by atoms with E-state index < -0.39 is 11.9 Å². The number of imidazole rings is 1. The molecule has 9 heteroatoms. The standard InChI is InChI=1S/C16H21F3N6/c1-3-11-12(4-2)23-24-15(21-11)25-7-5-10(6-8-25)14-20-9-13(22-14)16(17,18)19/h9-10H,3-8H2,1-2H3,(H,20,22). The quantitative estimate of drug-likeness (QED) is 0.913. The zero-order valence-corrected chi connectivity index (χ0v) is 14.3. The number of hydrogen-bond donors (Lipinski definition) is 1. The summed E-state index contributed by atoms with van der Waals surface area (Å²) in [5.41, 5.74) is 1.08.